The summed E-state index contributed by atoms with van der Waals surface area (Å²) in [4.78, 5) is 10.9. The van der Waals surface area contributed by atoms with Gasteiger partial charge >= 0.3 is 0 Å². The average molecular weight is 193 g/mol. The topological polar surface area (TPSA) is 67.2 Å². The third-order valence-electron chi connectivity index (χ3n) is 2.21. The van der Waals surface area contributed by atoms with Crippen molar-refractivity contribution in [3.63, 3.8) is 0 Å². The van der Waals surface area contributed by atoms with Gasteiger partial charge in [-0.2, -0.15) is 0 Å². The third-order valence-corrected chi connectivity index (χ3v) is 2.21. The van der Waals surface area contributed by atoms with Crippen LogP contribution in [0, 0.1) is 13.8 Å². The van der Waals surface area contributed by atoms with E-state index in [0.29, 0.717) is 0 Å². The molecule has 1 rings (SSSR count). The van der Waals surface area contributed by atoms with E-state index in [2.05, 4.69) is 10.7 Å². The Morgan fingerprint density at radius 2 is 2.14 bits per heavy atom. The molecule has 76 valence electrons. The standard InChI is InChI=1S/C10H15N3O/c1-7-4-3-5-9(8(7)2)12-6-10(14)13-11/h3-5,12H,6,11H2,1-2H3,(H,13,14). The summed E-state index contributed by atoms with van der Waals surface area (Å²) in [7, 11) is 0. The van der Waals surface area contributed by atoms with Crippen molar-refractivity contribution in [1.82, 2.24) is 5.43 Å². The van der Waals surface area contributed by atoms with Crippen LogP contribution in [0.25, 0.3) is 0 Å². The molecular formula is C10H15N3O. The maximum Gasteiger partial charge on any atom is 0.253 e. The van der Waals surface area contributed by atoms with Crippen molar-refractivity contribution in [3.05, 3.63) is 29.3 Å². The molecule has 1 aromatic carbocycles. The predicted octanol–water partition coefficient (Wildman–Crippen LogP) is 0.705. The second kappa shape index (κ2) is 4.62. The minimum absolute atomic E-state index is 0.195. The summed E-state index contributed by atoms with van der Waals surface area (Å²) < 4.78 is 0. The Hall–Kier alpha value is -1.55. The van der Waals surface area contributed by atoms with Crippen LogP contribution in [0.4, 0.5) is 5.69 Å². The molecule has 0 aliphatic rings. The number of hydrogen-bond acceptors (Lipinski definition) is 3. The molecule has 0 radical (unpaired) electrons. The molecule has 0 aliphatic carbocycles. The Balaban J connectivity index is 2.68. The fourth-order valence-electron chi connectivity index (χ4n) is 1.17. The lowest BCUT2D eigenvalue weighted by Gasteiger charge is -2.10. The quantitative estimate of drug-likeness (QED) is 0.376. The van der Waals surface area contributed by atoms with Gasteiger partial charge in [0, 0.05) is 5.69 Å². The Morgan fingerprint density at radius 1 is 1.43 bits per heavy atom. The molecule has 4 nitrogen and oxygen atoms in total. The van der Waals surface area contributed by atoms with E-state index < -0.39 is 0 Å². The molecule has 0 atom stereocenters. The minimum Gasteiger partial charge on any atom is -0.376 e. The van der Waals surface area contributed by atoms with Crippen LogP contribution in [-0.2, 0) is 4.79 Å². The lowest BCUT2D eigenvalue weighted by molar-refractivity contribution is -0.119. The molecular weight excluding hydrogens is 178 g/mol. The van der Waals surface area contributed by atoms with Gasteiger partial charge in [0.2, 0.25) is 0 Å². The SMILES string of the molecule is Cc1cccc(NCC(=O)NN)c1C. The molecule has 0 saturated heterocycles. The monoisotopic (exact) mass is 193 g/mol. The van der Waals surface area contributed by atoms with Gasteiger partial charge in [0.05, 0.1) is 6.54 Å². The van der Waals surface area contributed by atoms with E-state index >= 15 is 0 Å². The van der Waals surface area contributed by atoms with E-state index in [1.54, 1.807) is 0 Å². The number of nitrogens with two attached hydrogens (primary N) is 1. The number of nitrogens with one attached hydrogen (secondary N) is 2. The summed E-state index contributed by atoms with van der Waals surface area (Å²) in [5.74, 6) is 4.73. The van der Waals surface area contributed by atoms with Gasteiger partial charge < -0.3 is 5.32 Å². The molecule has 0 bridgehead atoms. The number of rotatable bonds is 3. The van der Waals surface area contributed by atoms with Gasteiger partial charge in [-0.3, -0.25) is 10.2 Å². The predicted molar refractivity (Wildman–Crippen MR) is 56.7 cm³/mol. The molecule has 4 heteroatoms. The normalized spacial score (nSPS) is 9.64. The summed E-state index contributed by atoms with van der Waals surface area (Å²) >= 11 is 0. The zero-order chi connectivity index (χ0) is 10.6. The molecule has 4 N–H and O–H groups in total. The zero-order valence-corrected chi connectivity index (χ0v) is 8.42. The van der Waals surface area contributed by atoms with Crippen LogP contribution in [0.2, 0.25) is 0 Å². The second-order valence-electron chi connectivity index (χ2n) is 3.17. The van der Waals surface area contributed by atoms with Crippen LogP contribution in [-0.4, -0.2) is 12.5 Å². The van der Waals surface area contributed by atoms with Crippen LogP contribution in [0.5, 0.6) is 0 Å². The molecule has 0 saturated carbocycles. The number of aryl methyl sites for hydroxylation is 1. The maximum absolute atomic E-state index is 10.9. The van der Waals surface area contributed by atoms with Crippen LogP contribution >= 0.6 is 0 Å². The Morgan fingerprint density at radius 3 is 2.79 bits per heavy atom. The highest BCUT2D eigenvalue weighted by molar-refractivity contribution is 5.80. The zero-order valence-electron chi connectivity index (χ0n) is 8.42. The first-order chi connectivity index (χ1) is 6.65. The molecule has 0 heterocycles. The van der Waals surface area contributed by atoms with E-state index in [0.717, 1.165) is 11.3 Å². The van der Waals surface area contributed by atoms with Crippen LogP contribution in [0.1, 0.15) is 11.1 Å². The van der Waals surface area contributed by atoms with E-state index in [4.69, 9.17) is 5.84 Å². The van der Waals surface area contributed by atoms with E-state index in [9.17, 15) is 4.79 Å². The summed E-state index contributed by atoms with van der Waals surface area (Å²) in [5.41, 5.74) is 5.38. The van der Waals surface area contributed by atoms with Gasteiger partial charge in [-0.1, -0.05) is 12.1 Å². The lowest BCUT2D eigenvalue weighted by Crippen LogP contribution is -2.35. The molecule has 0 aromatic heterocycles. The molecule has 1 aromatic rings. The Labute approximate surface area is 83.5 Å². The summed E-state index contributed by atoms with van der Waals surface area (Å²) in [6, 6.07) is 5.92. The third kappa shape index (κ3) is 2.47. The minimum atomic E-state index is -0.231. The number of amides is 1. The fraction of sp³-hybridized carbons (Fsp3) is 0.300. The van der Waals surface area contributed by atoms with Gasteiger partial charge in [0.25, 0.3) is 5.91 Å². The van der Waals surface area contributed by atoms with Crippen molar-refractivity contribution < 1.29 is 4.79 Å². The van der Waals surface area contributed by atoms with E-state index in [-0.39, 0.29) is 12.5 Å². The van der Waals surface area contributed by atoms with Crippen molar-refractivity contribution in [2.45, 2.75) is 13.8 Å². The van der Waals surface area contributed by atoms with Crippen LogP contribution in [0.3, 0.4) is 0 Å². The number of benzene rings is 1. The number of hydrazine groups is 1. The van der Waals surface area contributed by atoms with Crippen molar-refractivity contribution in [2.24, 2.45) is 5.84 Å². The van der Waals surface area contributed by atoms with E-state index in [1.165, 1.54) is 5.56 Å². The summed E-state index contributed by atoms with van der Waals surface area (Å²) in [5, 5.41) is 3.01. The van der Waals surface area contributed by atoms with Crippen LogP contribution in [0.15, 0.2) is 18.2 Å². The molecule has 0 aliphatic heterocycles. The van der Waals surface area contributed by atoms with Crippen LogP contribution < -0.4 is 16.6 Å². The molecule has 0 unspecified atom stereocenters. The van der Waals surface area contributed by atoms with Gasteiger partial charge in [0.15, 0.2) is 0 Å². The number of anilines is 1. The highest BCUT2D eigenvalue weighted by Crippen LogP contribution is 2.17. The number of carbonyl (C=O) groups excluding carboxylic acids is 1. The number of hydrogen-bond donors (Lipinski definition) is 3. The van der Waals surface area contributed by atoms with Crippen molar-refractivity contribution in [3.8, 4) is 0 Å². The smallest absolute Gasteiger partial charge is 0.253 e. The average Bonchev–Trinajstić information content (AvgIpc) is 2.20. The van der Waals surface area contributed by atoms with E-state index in [1.807, 2.05) is 32.0 Å². The van der Waals surface area contributed by atoms with Gasteiger partial charge in [0.1, 0.15) is 0 Å². The first-order valence-corrected chi connectivity index (χ1v) is 4.44. The summed E-state index contributed by atoms with van der Waals surface area (Å²) in [6.45, 7) is 4.24. The number of carbonyl (C=O) groups is 1. The first kappa shape index (κ1) is 10.5. The molecule has 1 amide bonds. The van der Waals surface area contributed by atoms with Crippen molar-refractivity contribution in [2.75, 3.05) is 11.9 Å². The first-order valence-electron chi connectivity index (χ1n) is 4.44. The Bertz CT molecular complexity index is 336. The lowest BCUT2D eigenvalue weighted by atomic mass is 10.1. The maximum atomic E-state index is 10.9. The largest absolute Gasteiger partial charge is 0.376 e. The summed E-state index contributed by atoms with van der Waals surface area (Å²) in [6.07, 6.45) is 0. The van der Waals surface area contributed by atoms with Gasteiger partial charge in [-0.25, -0.2) is 5.84 Å². The van der Waals surface area contributed by atoms with Gasteiger partial charge in [-0.05, 0) is 31.0 Å². The van der Waals surface area contributed by atoms with Gasteiger partial charge in [-0.15, -0.1) is 0 Å². The second-order valence-corrected chi connectivity index (χ2v) is 3.17. The molecule has 0 spiro atoms. The molecule has 0 fully saturated rings. The Kier molecular flexibility index (Phi) is 3.48. The highest BCUT2D eigenvalue weighted by atomic mass is 16.2. The molecule has 14 heavy (non-hydrogen) atoms. The van der Waals surface area contributed by atoms with Crippen molar-refractivity contribution >= 4 is 11.6 Å². The fourth-order valence-corrected chi connectivity index (χ4v) is 1.17. The van der Waals surface area contributed by atoms with Crippen molar-refractivity contribution in [1.29, 1.82) is 0 Å². The highest BCUT2D eigenvalue weighted by Gasteiger charge is 2.01.